The first kappa shape index (κ1) is 10.6. The van der Waals surface area contributed by atoms with Gasteiger partial charge in [0.05, 0.1) is 20.2 Å². The molecule has 0 aromatic rings. The summed E-state index contributed by atoms with van der Waals surface area (Å²) in [6.45, 7) is 0. The van der Waals surface area contributed by atoms with E-state index in [1.54, 1.807) is 0 Å². The van der Waals surface area contributed by atoms with Crippen LogP contribution in [0.5, 0.6) is 0 Å². The number of hydrogen-bond donors (Lipinski definition) is 2. The largest absolute Gasteiger partial charge is 0.540 e. The van der Waals surface area contributed by atoms with Gasteiger partial charge in [0.1, 0.15) is 0 Å². The number of carbonyl (C=O) groups is 1. The number of rotatable bonds is 3. The molecule has 0 radical (unpaired) electrons. The van der Waals surface area contributed by atoms with E-state index >= 15 is 0 Å². The molecule has 0 amide bonds. The molecule has 0 aliphatic heterocycles. The Kier molecular flexibility index (Phi) is 2.79. The van der Waals surface area contributed by atoms with Crippen molar-refractivity contribution in [2.24, 2.45) is 0 Å². The second-order valence-corrected chi connectivity index (χ2v) is 4.23. The van der Waals surface area contributed by atoms with E-state index in [0.29, 0.717) is 0 Å². The Bertz CT molecular complexity index is 208. The van der Waals surface area contributed by atoms with Crippen molar-refractivity contribution in [1.82, 2.24) is 0 Å². The van der Waals surface area contributed by atoms with Crippen molar-refractivity contribution in [3.05, 3.63) is 0 Å². The monoisotopic (exact) mass is 212 g/mol. The van der Waals surface area contributed by atoms with Crippen LogP contribution in [-0.4, -0.2) is 15.8 Å². The van der Waals surface area contributed by atoms with Crippen LogP contribution in [-0.2, 0) is 34.5 Å². The predicted octanol–water partition coefficient (Wildman–Crippen LogP) is 0.853. The molecule has 0 rings (SSSR count). The van der Waals surface area contributed by atoms with Gasteiger partial charge in [-0.2, -0.15) is 0 Å². The van der Waals surface area contributed by atoms with E-state index in [-0.39, 0.29) is 0 Å². The van der Waals surface area contributed by atoms with Gasteiger partial charge in [-0.3, -0.25) is 4.55 Å². The van der Waals surface area contributed by atoms with Crippen LogP contribution >= 0.6 is 0 Å². The third kappa shape index (κ3) is 9.58. The Labute approximate surface area is 63.7 Å². The lowest BCUT2D eigenvalue weighted by molar-refractivity contribution is -0.439. The van der Waals surface area contributed by atoms with Crippen molar-refractivity contribution in [2.75, 3.05) is 0 Å². The van der Waals surface area contributed by atoms with Gasteiger partial charge in [0.15, 0.2) is 0 Å². The highest BCUT2D eigenvalue weighted by Crippen LogP contribution is 2.27. The molecule has 0 aromatic carbocycles. The van der Waals surface area contributed by atoms with E-state index in [4.69, 9.17) is 9.66 Å². The molecule has 10 heteroatoms. The van der Waals surface area contributed by atoms with Crippen LogP contribution in [0, 0.1) is 0 Å². The topological polar surface area (TPSA) is 85.2 Å². The van der Waals surface area contributed by atoms with Gasteiger partial charge in [-0.25, -0.2) is 9.68 Å². The summed E-state index contributed by atoms with van der Waals surface area (Å²) in [7, 11) is -6.48. The lowest BCUT2D eigenvalue weighted by Crippen LogP contribution is -2.21. The summed E-state index contributed by atoms with van der Waals surface area (Å²) in [5, 5.41) is 10.5. The van der Waals surface area contributed by atoms with E-state index in [1.165, 1.54) is 0 Å². The maximum atomic E-state index is 11.7. The van der Waals surface area contributed by atoms with Crippen LogP contribution in [0.1, 0.15) is 0 Å². The van der Waals surface area contributed by atoms with Gasteiger partial charge >= 0.3 is 6.16 Å². The lowest BCUT2D eigenvalue weighted by atomic mass is 11.4. The zero-order valence-corrected chi connectivity index (χ0v) is 6.23. The number of carboxylic acid groups (broad SMARTS) is 1. The molecule has 2 N–H and O–H groups in total. The first-order valence-electron chi connectivity index (χ1n) is 1.79. The van der Waals surface area contributed by atoms with Crippen LogP contribution in [0.4, 0.5) is 12.6 Å². The van der Waals surface area contributed by atoms with Crippen LogP contribution in [0.3, 0.4) is 0 Å². The van der Waals surface area contributed by atoms with E-state index in [1.807, 2.05) is 0 Å². The maximum Gasteiger partial charge on any atom is 0.540 e. The van der Waals surface area contributed by atoms with Gasteiger partial charge in [-0.15, -0.1) is 0 Å². The van der Waals surface area contributed by atoms with Crippen molar-refractivity contribution in [1.29, 1.82) is 0 Å². The quantitative estimate of drug-likeness (QED) is 0.407. The fraction of sp³-hybridized carbons (Fsp3) is 0. The number of halogens is 2. The molecule has 0 aliphatic carbocycles. The van der Waals surface area contributed by atoms with Crippen molar-refractivity contribution in [3.63, 3.8) is 0 Å². The van der Waals surface area contributed by atoms with Gasteiger partial charge in [0.2, 0.25) is 0 Å². The first-order chi connectivity index (χ1) is 4.67. The molecule has 0 atom stereocenters. The lowest BCUT2D eigenvalue weighted by Gasteiger charge is -2.21. The summed E-state index contributed by atoms with van der Waals surface area (Å²) >= 11 is 3.15. The maximum absolute atomic E-state index is 11.7. The average Bonchev–Trinajstić information content (AvgIpc) is 1.56. The fourth-order valence-electron chi connectivity index (χ4n) is 0.0878. The average molecular weight is 212 g/mol. The molecule has 0 aliphatic rings. The van der Waals surface area contributed by atoms with Crippen molar-refractivity contribution >= 4 is 26.4 Å². The van der Waals surface area contributed by atoms with E-state index in [0.717, 1.165) is 0 Å². The molecule has 11 heavy (non-hydrogen) atoms. The van der Waals surface area contributed by atoms with Crippen LogP contribution in [0.25, 0.3) is 0 Å². The smallest absolute Gasteiger partial charge is 0.448 e. The van der Waals surface area contributed by atoms with Crippen molar-refractivity contribution in [3.8, 4) is 0 Å². The molecule has 68 valence electrons. The highest BCUT2D eigenvalue weighted by Gasteiger charge is 2.23. The first-order valence-corrected chi connectivity index (χ1v) is 4.44. The molecule has 0 unspecified atom stereocenters. The molecular weight excluding hydrogens is 210 g/mol. The molecule has 0 spiro atoms. The Balaban J connectivity index is 3.74. The molecule has 0 heterocycles. The van der Waals surface area contributed by atoms with Crippen molar-refractivity contribution in [2.45, 2.75) is 0 Å². The zero-order chi connectivity index (χ0) is 9.15. The minimum absolute atomic E-state index is 2.02. The Morgan fingerprint density at radius 2 is 2.00 bits per heavy atom. The Morgan fingerprint density at radius 1 is 1.55 bits per heavy atom. The van der Waals surface area contributed by atoms with Crippen LogP contribution in [0.2, 0.25) is 0 Å². The zero-order valence-electron chi connectivity index (χ0n) is 4.60. The Morgan fingerprint density at radius 3 is 2.27 bits per heavy atom. The van der Waals surface area contributed by atoms with Gasteiger partial charge in [-0.05, 0) is 4.33 Å². The van der Waals surface area contributed by atoms with Gasteiger partial charge in [0.25, 0.3) is 0 Å². The SMILES string of the molecule is O=C(O)OOOS(O)(F)(F)=S. The summed E-state index contributed by atoms with van der Waals surface area (Å²) in [6, 6.07) is 0. The normalized spacial score (nSPS) is 15.0. The van der Waals surface area contributed by atoms with Crippen LogP contribution in [0.15, 0.2) is 0 Å². The van der Waals surface area contributed by atoms with E-state index < -0.39 is 15.2 Å². The second-order valence-electron chi connectivity index (χ2n) is 1.15. The van der Waals surface area contributed by atoms with Crippen LogP contribution < -0.4 is 0 Å². The molecule has 6 nitrogen and oxygen atoms in total. The summed E-state index contributed by atoms with van der Waals surface area (Å²) in [4.78, 5) is 12.4. The Hall–Kier alpha value is -0.420. The standard InChI is InChI=1S/CH2F2O6S2/c2-11(3,6,10)9-8-7-1(4)5/h(H,4,5)(H,6,10). The third-order valence-electron chi connectivity index (χ3n) is 0.243. The van der Waals surface area contributed by atoms with Crippen molar-refractivity contribution < 1.29 is 36.5 Å². The van der Waals surface area contributed by atoms with Gasteiger partial charge in [0, 0.05) is 5.04 Å². The third-order valence-corrected chi connectivity index (χ3v) is 0.684. The predicted molar refractivity (Wildman–Crippen MR) is 30.9 cm³/mol. The molecule has 0 saturated carbocycles. The second kappa shape index (κ2) is 2.91. The summed E-state index contributed by atoms with van der Waals surface area (Å²) < 4.78 is 34.0. The minimum Gasteiger partial charge on any atom is -0.448 e. The van der Waals surface area contributed by atoms with E-state index in [2.05, 4.69) is 25.4 Å². The van der Waals surface area contributed by atoms with Gasteiger partial charge < -0.3 is 5.11 Å². The molecule has 0 saturated heterocycles. The molecule has 0 aromatic heterocycles. The molecule has 0 fully saturated rings. The summed E-state index contributed by atoms with van der Waals surface area (Å²) in [5.74, 6) is 0. The molecular formula is CH2F2O6S2. The summed E-state index contributed by atoms with van der Waals surface area (Å²) in [6.07, 6.45) is -2.02. The fourth-order valence-corrected chi connectivity index (χ4v) is 0.273. The number of hydrogen-bond acceptors (Lipinski definition) is 5. The highest BCUT2D eigenvalue weighted by atomic mass is 32.9. The highest BCUT2D eigenvalue weighted by molar-refractivity contribution is 8.40. The van der Waals surface area contributed by atoms with Gasteiger partial charge in [-0.1, -0.05) is 7.77 Å². The summed E-state index contributed by atoms with van der Waals surface area (Å²) in [5.41, 5.74) is 0. The van der Waals surface area contributed by atoms with E-state index in [9.17, 15) is 12.6 Å². The minimum atomic E-state index is -6.48. The molecule has 0 bridgehead atoms.